The number of halogens is 1. The molecule has 1 fully saturated rings. The zero-order valence-corrected chi connectivity index (χ0v) is 19.6. The minimum atomic E-state index is -3.49. The first-order valence-corrected chi connectivity index (χ1v) is 12.8. The number of amides is 1. The number of aryl methyl sites for hydroxylation is 1. The van der Waals surface area contributed by atoms with E-state index in [4.69, 9.17) is 0 Å². The third-order valence-electron chi connectivity index (χ3n) is 5.55. The Morgan fingerprint density at radius 3 is 2.30 bits per heavy atom. The molecule has 1 amide bonds. The van der Waals surface area contributed by atoms with Crippen LogP contribution in [-0.4, -0.2) is 20.4 Å². The van der Waals surface area contributed by atoms with Gasteiger partial charge in [-0.05, 0) is 61.6 Å². The van der Waals surface area contributed by atoms with Gasteiger partial charge in [-0.1, -0.05) is 59.5 Å². The van der Waals surface area contributed by atoms with Crippen LogP contribution < -0.4 is 10.0 Å². The quantitative estimate of drug-likeness (QED) is 0.551. The number of nitrogens with one attached hydrogen (secondary N) is 2. The molecule has 0 heterocycles. The molecule has 30 heavy (non-hydrogen) atoms. The van der Waals surface area contributed by atoms with Crippen molar-refractivity contribution in [3.8, 4) is 0 Å². The summed E-state index contributed by atoms with van der Waals surface area (Å²) < 4.78 is 29.0. The highest BCUT2D eigenvalue weighted by molar-refractivity contribution is 9.10. The summed E-state index contributed by atoms with van der Waals surface area (Å²) in [5.74, 6) is -0.0268. The third-order valence-corrected chi connectivity index (χ3v) is 7.61. The van der Waals surface area contributed by atoms with Crippen molar-refractivity contribution in [3.63, 3.8) is 0 Å². The highest BCUT2D eigenvalue weighted by Gasteiger charge is 2.21. The van der Waals surface area contributed by atoms with Gasteiger partial charge in [-0.25, -0.2) is 13.1 Å². The summed E-state index contributed by atoms with van der Waals surface area (Å²) in [7, 11) is -3.49. The molecule has 0 radical (unpaired) electrons. The van der Waals surface area contributed by atoms with Gasteiger partial charge < -0.3 is 5.32 Å². The lowest BCUT2D eigenvalue weighted by Gasteiger charge is -2.22. The van der Waals surface area contributed by atoms with Gasteiger partial charge in [0.05, 0.1) is 10.9 Å². The van der Waals surface area contributed by atoms with E-state index in [1.54, 1.807) is 24.3 Å². The van der Waals surface area contributed by atoms with E-state index in [0.29, 0.717) is 12.8 Å². The number of hydrogen-bond acceptors (Lipinski definition) is 3. The lowest BCUT2D eigenvalue weighted by Crippen LogP contribution is -2.36. The number of sulfonamides is 1. The molecule has 0 saturated heterocycles. The Hall–Kier alpha value is -1.70. The predicted octanol–water partition coefficient (Wildman–Crippen LogP) is 4.87. The van der Waals surface area contributed by atoms with Crippen LogP contribution in [0.5, 0.6) is 0 Å². The Balaban J connectivity index is 1.50. The minimum absolute atomic E-state index is 0.0268. The number of carbonyl (C=O) groups excluding carboxylic acids is 1. The molecule has 1 aliphatic rings. The molecule has 2 aromatic carbocycles. The van der Waals surface area contributed by atoms with Crippen LogP contribution in [0.1, 0.15) is 62.6 Å². The summed E-state index contributed by atoms with van der Waals surface area (Å²) in [6, 6.07) is 14.7. The Bertz CT molecular complexity index is 937. The van der Waals surface area contributed by atoms with E-state index in [0.717, 1.165) is 41.3 Å². The van der Waals surface area contributed by atoms with Crippen molar-refractivity contribution in [1.29, 1.82) is 0 Å². The van der Waals surface area contributed by atoms with E-state index in [-0.39, 0.29) is 22.9 Å². The van der Waals surface area contributed by atoms with Crippen molar-refractivity contribution in [2.24, 2.45) is 0 Å². The zero-order valence-electron chi connectivity index (χ0n) is 17.2. The van der Waals surface area contributed by atoms with Gasteiger partial charge in [0.2, 0.25) is 15.9 Å². The van der Waals surface area contributed by atoms with E-state index in [1.165, 1.54) is 6.42 Å². The van der Waals surface area contributed by atoms with Crippen LogP contribution in [0.4, 0.5) is 0 Å². The summed E-state index contributed by atoms with van der Waals surface area (Å²) in [6.07, 6.45) is 6.07. The van der Waals surface area contributed by atoms with Crippen molar-refractivity contribution in [3.05, 3.63) is 64.1 Å². The molecule has 0 aromatic heterocycles. The predicted molar refractivity (Wildman–Crippen MR) is 123 cm³/mol. The van der Waals surface area contributed by atoms with Crippen LogP contribution in [0.15, 0.2) is 57.9 Å². The van der Waals surface area contributed by atoms with Crippen LogP contribution >= 0.6 is 15.9 Å². The maximum absolute atomic E-state index is 12.6. The molecular formula is C23H29BrN2O3S. The van der Waals surface area contributed by atoms with Crippen LogP contribution in [0.2, 0.25) is 0 Å². The van der Waals surface area contributed by atoms with Crippen molar-refractivity contribution in [2.45, 2.75) is 68.8 Å². The average molecular weight is 493 g/mol. The van der Waals surface area contributed by atoms with Crippen LogP contribution in [0.25, 0.3) is 0 Å². The van der Waals surface area contributed by atoms with E-state index < -0.39 is 10.0 Å². The van der Waals surface area contributed by atoms with E-state index >= 15 is 0 Å². The number of hydrogen-bond donors (Lipinski definition) is 2. The Morgan fingerprint density at radius 2 is 1.67 bits per heavy atom. The molecule has 0 spiro atoms. The van der Waals surface area contributed by atoms with Gasteiger partial charge in [0.15, 0.2) is 0 Å². The second-order valence-corrected chi connectivity index (χ2v) is 10.6. The third kappa shape index (κ3) is 6.65. The lowest BCUT2D eigenvalue weighted by molar-refractivity contribution is -0.121. The van der Waals surface area contributed by atoms with Gasteiger partial charge >= 0.3 is 0 Å². The molecule has 1 saturated carbocycles. The van der Waals surface area contributed by atoms with Crippen molar-refractivity contribution < 1.29 is 13.2 Å². The van der Waals surface area contributed by atoms with Crippen LogP contribution in [-0.2, 0) is 21.2 Å². The monoisotopic (exact) mass is 492 g/mol. The van der Waals surface area contributed by atoms with Gasteiger partial charge in [-0.2, -0.15) is 0 Å². The van der Waals surface area contributed by atoms with Crippen LogP contribution in [0, 0.1) is 0 Å². The molecule has 0 bridgehead atoms. The normalized spacial score (nSPS) is 16.2. The smallest absolute Gasteiger partial charge is 0.240 e. The molecule has 2 N–H and O–H groups in total. The van der Waals surface area contributed by atoms with Gasteiger partial charge in [-0.15, -0.1) is 0 Å². The molecule has 1 aliphatic carbocycles. The van der Waals surface area contributed by atoms with E-state index in [2.05, 4.69) is 26.0 Å². The largest absolute Gasteiger partial charge is 0.350 e. The number of rotatable bonds is 8. The van der Waals surface area contributed by atoms with Gasteiger partial charge in [-0.3, -0.25) is 4.79 Å². The molecule has 7 heteroatoms. The standard InChI is InChI=1S/C23H29BrN2O3S/c1-17(19-10-12-20(24)13-11-19)25-23(27)16-9-18-7-14-22(15-8-18)30(28,29)26-21-5-3-2-4-6-21/h7-8,10-15,17,21,26H,2-6,9,16H2,1H3,(H,25,27)/t17-/m0/s1. The minimum Gasteiger partial charge on any atom is -0.350 e. The molecule has 162 valence electrons. The highest BCUT2D eigenvalue weighted by atomic mass is 79.9. The molecular weight excluding hydrogens is 464 g/mol. The first-order valence-electron chi connectivity index (χ1n) is 10.5. The SMILES string of the molecule is C[C@H](NC(=O)CCc1ccc(S(=O)(=O)NC2CCCCC2)cc1)c1ccc(Br)cc1. The van der Waals surface area contributed by atoms with Gasteiger partial charge in [0.1, 0.15) is 0 Å². The van der Waals surface area contributed by atoms with Crippen molar-refractivity contribution >= 4 is 31.9 Å². The molecule has 0 aliphatic heterocycles. The average Bonchev–Trinajstić information content (AvgIpc) is 2.73. The van der Waals surface area contributed by atoms with Crippen LogP contribution in [0.3, 0.4) is 0 Å². The van der Waals surface area contributed by atoms with E-state index in [9.17, 15) is 13.2 Å². The summed E-state index contributed by atoms with van der Waals surface area (Å²) in [4.78, 5) is 12.6. The maximum atomic E-state index is 12.6. The maximum Gasteiger partial charge on any atom is 0.240 e. The number of benzene rings is 2. The molecule has 1 atom stereocenters. The lowest BCUT2D eigenvalue weighted by atomic mass is 9.96. The van der Waals surface area contributed by atoms with Crippen molar-refractivity contribution in [2.75, 3.05) is 0 Å². The Kier molecular flexibility index (Phi) is 8.08. The summed E-state index contributed by atoms with van der Waals surface area (Å²) >= 11 is 3.41. The van der Waals surface area contributed by atoms with E-state index in [1.807, 2.05) is 31.2 Å². The summed E-state index contributed by atoms with van der Waals surface area (Å²) in [5.41, 5.74) is 1.99. The summed E-state index contributed by atoms with van der Waals surface area (Å²) in [5, 5.41) is 3.01. The first-order chi connectivity index (χ1) is 14.3. The molecule has 2 aromatic rings. The first kappa shape index (κ1) is 23.0. The Labute approximate surface area is 187 Å². The fraction of sp³-hybridized carbons (Fsp3) is 0.435. The fourth-order valence-electron chi connectivity index (χ4n) is 3.75. The second-order valence-electron chi connectivity index (χ2n) is 7.94. The van der Waals surface area contributed by atoms with Gasteiger partial charge in [0, 0.05) is 16.9 Å². The van der Waals surface area contributed by atoms with Crippen molar-refractivity contribution in [1.82, 2.24) is 10.0 Å². The molecule has 0 unspecified atom stereocenters. The van der Waals surface area contributed by atoms with Gasteiger partial charge in [0.25, 0.3) is 0 Å². The molecule has 5 nitrogen and oxygen atoms in total. The summed E-state index contributed by atoms with van der Waals surface area (Å²) in [6.45, 7) is 1.96. The topological polar surface area (TPSA) is 75.3 Å². The zero-order chi connectivity index (χ0) is 21.6. The fourth-order valence-corrected chi connectivity index (χ4v) is 5.32. The second kappa shape index (κ2) is 10.6. The number of carbonyl (C=O) groups is 1. The highest BCUT2D eigenvalue weighted by Crippen LogP contribution is 2.21. The Morgan fingerprint density at radius 1 is 1.03 bits per heavy atom. The molecule has 3 rings (SSSR count).